The number of rotatable bonds is 9. The van der Waals surface area contributed by atoms with E-state index in [1.807, 2.05) is 14.1 Å². The van der Waals surface area contributed by atoms with Gasteiger partial charge in [-0.15, -0.1) is 0 Å². The molecule has 0 bridgehead atoms. The number of nitrogens with two attached hydrogens (primary N) is 1. The minimum absolute atomic E-state index is 0.0303. The lowest BCUT2D eigenvalue weighted by Gasteiger charge is -2.12. The molecular formula is C16H23N7O3. The number of methoxy groups -OCH3 is 1. The number of nitrogen functional groups attached to an aromatic ring is 1. The Bertz CT molecular complexity index is 750. The van der Waals surface area contributed by atoms with Gasteiger partial charge in [-0.2, -0.15) is 9.97 Å². The van der Waals surface area contributed by atoms with E-state index in [4.69, 9.17) is 10.5 Å². The monoisotopic (exact) mass is 361 g/mol. The lowest BCUT2D eigenvalue weighted by Crippen LogP contribution is -2.17. The molecule has 0 atom stereocenters. The van der Waals surface area contributed by atoms with Crippen LogP contribution in [0.3, 0.4) is 0 Å². The van der Waals surface area contributed by atoms with Crippen molar-refractivity contribution in [2.45, 2.75) is 6.42 Å². The Hall–Kier alpha value is -3.14. The molecule has 1 aromatic heterocycles. The van der Waals surface area contributed by atoms with Gasteiger partial charge in [0.05, 0.1) is 12.0 Å². The SMILES string of the molecule is COc1ccc(Nc2nc(NCCCN(C)C)nc(N)c2[N+](=O)[O-])cc1. The quantitative estimate of drug-likeness (QED) is 0.349. The normalized spacial score (nSPS) is 10.6. The highest BCUT2D eigenvalue weighted by Crippen LogP contribution is 2.31. The Morgan fingerprint density at radius 2 is 1.96 bits per heavy atom. The number of nitro groups is 1. The van der Waals surface area contributed by atoms with Crippen LogP contribution in [0.5, 0.6) is 5.75 Å². The van der Waals surface area contributed by atoms with Crippen molar-refractivity contribution in [2.75, 3.05) is 50.7 Å². The summed E-state index contributed by atoms with van der Waals surface area (Å²) in [4.78, 5) is 21.0. The van der Waals surface area contributed by atoms with Crippen LogP contribution in [-0.4, -0.2) is 54.1 Å². The van der Waals surface area contributed by atoms with Crippen molar-refractivity contribution < 1.29 is 9.66 Å². The molecule has 26 heavy (non-hydrogen) atoms. The second kappa shape index (κ2) is 8.81. The maximum absolute atomic E-state index is 11.3. The van der Waals surface area contributed by atoms with Gasteiger partial charge in [0.2, 0.25) is 17.6 Å². The van der Waals surface area contributed by atoms with Gasteiger partial charge in [-0.25, -0.2) is 0 Å². The molecule has 2 rings (SSSR count). The first-order valence-electron chi connectivity index (χ1n) is 8.02. The predicted octanol–water partition coefficient (Wildman–Crippen LogP) is 2.08. The number of hydrogen-bond donors (Lipinski definition) is 3. The highest BCUT2D eigenvalue weighted by molar-refractivity contribution is 5.74. The number of nitrogens with zero attached hydrogens (tertiary/aromatic N) is 4. The van der Waals surface area contributed by atoms with Gasteiger partial charge in [0.15, 0.2) is 0 Å². The van der Waals surface area contributed by atoms with Crippen molar-refractivity contribution in [3.63, 3.8) is 0 Å². The van der Waals surface area contributed by atoms with E-state index in [2.05, 4.69) is 25.5 Å². The van der Waals surface area contributed by atoms with E-state index in [1.54, 1.807) is 31.4 Å². The number of benzene rings is 1. The zero-order valence-electron chi connectivity index (χ0n) is 15.0. The van der Waals surface area contributed by atoms with Crippen LogP contribution in [0, 0.1) is 10.1 Å². The smallest absolute Gasteiger partial charge is 0.353 e. The lowest BCUT2D eigenvalue weighted by molar-refractivity contribution is -0.383. The van der Waals surface area contributed by atoms with Crippen LogP contribution in [-0.2, 0) is 0 Å². The Morgan fingerprint density at radius 3 is 2.54 bits per heavy atom. The number of aromatic nitrogens is 2. The molecule has 10 nitrogen and oxygen atoms in total. The summed E-state index contributed by atoms with van der Waals surface area (Å²) in [5, 5.41) is 17.3. The molecule has 0 unspecified atom stereocenters. The zero-order chi connectivity index (χ0) is 19.1. The summed E-state index contributed by atoms with van der Waals surface area (Å²) < 4.78 is 5.10. The number of hydrogen-bond acceptors (Lipinski definition) is 9. The second-order valence-electron chi connectivity index (χ2n) is 5.82. The summed E-state index contributed by atoms with van der Waals surface area (Å²) in [5.41, 5.74) is 6.03. The minimum atomic E-state index is -0.600. The molecule has 2 aromatic rings. The third-order valence-corrected chi connectivity index (χ3v) is 3.51. The van der Waals surface area contributed by atoms with Gasteiger partial charge in [0, 0.05) is 12.2 Å². The van der Waals surface area contributed by atoms with E-state index in [0.29, 0.717) is 18.0 Å². The maximum Gasteiger partial charge on any atom is 0.353 e. The van der Waals surface area contributed by atoms with E-state index in [9.17, 15) is 10.1 Å². The largest absolute Gasteiger partial charge is 0.497 e. The standard InChI is InChI=1S/C16H23N7O3/c1-22(2)10-4-9-18-16-20-14(17)13(23(24)25)15(21-16)19-11-5-7-12(26-3)8-6-11/h5-8H,4,9-10H2,1-3H3,(H4,17,18,19,20,21). The van der Waals surface area contributed by atoms with Crippen LogP contribution < -0.4 is 21.1 Å². The fourth-order valence-electron chi connectivity index (χ4n) is 2.22. The minimum Gasteiger partial charge on any atom is -0.497 e. The first-order valence-corrected chi connectivity index (χ1v) is 8.02. The second-order valence-corrected chi connectivity index (χ2v) is 5.82. The van der Waals surface area contributed by atoms with Crippen LogP contribution in [0.2, 0.25) is 0 Å². The Balaban J connectivity index is 2.21. The molecule has 1 aromatic carbocycles. The average molecular weight is 361 g/mol. The van der Waals surface area contributed by atoms with Crippen molar-refractivity contribution in [3.8, 4) is 5.75 Å². The maximum atomic E-state index is 11.3. The molecule has 0 radical (unpaired) electrons. The van der Waals surface area contributed by atoms with Gasteiger partial charge < -0.3 is 26.0 Å². The van der Waals surface area contributed by atoms with E-state index in [0.717, 1.165) is 13.0 Å². The highest BCUT2D eigenvalue weighted by Gasteiger charge is 2.23. The highest BCUT2D eigenvalue weighted by atomic mass is 16.6. The van der Waals surface area contributed by atoms with E-state index in [-0.39, 0.29) is 23.3 Å². The van der Waals surface area contributed by atoms with Gasteiger partial charge in [-0.1, -0.05) is 0 Å². The third kappa shape index (κ3) is 5.18. The molecule has 0 fully saturated rings. The predicted molar refractivity (Wildman–Crippen MR) is 101 cm³/mol. The molecule has 0 saturated heterocycles. The molecule has 0 aliphatic rings. The van der Waals surface area contributed by atoms with Crippen molar-refractivity contribution in [1.82, 2.24) is 14.9 Å². The third-order valence-electron chi connectivity index (χ3n) is 3.51. The van der Waals surface area contributed by atoms with Crippen LogP contribution in [0.1, 0.15) is 6.42 Å². The van der Waals surface area contributed by atoms with Crippen molar-refractivity contribution >= 4 is 29.0 Å². The van der Waals surface area contributed by atoms with Gasteiger partial charge in [-0.05, 0) is 51.3 Å². The molecule has 0 aliphatic carbocycles. The van der Waals surface area contributed by atoms with Crippen LogP contribution >= 0.6 is 0 Å². The van der Waals surface area contributed by atoms with Crippen LogP contribution in [0.15, 0.2) is 24.3 Å². The van der Waals surface area contributed by atoms with Crippen LogP contribution in [0.4, 0.5) is 29.0 Å². The van der Waals surface area contributed by atoms with Crippen molar-refractivity contribution in [2.24, 2.45) is 0 Å². The Labute approximate surface area is 151 Å². The lowest BCUT2D eigenvalue weighted by atomic mass is 10.3. The fraction of sp³-hybridized carbons (Fsp3) is 0.375. The molecule has 10 heteroatoms. The molecular weight excluding hydrogens is 338 g/mol. The van der Waals surface area contributed by atoms with Gasteiger partial charge in [0.1, 0.15) is 5.75 Å². The van der Waals surface area contributed by atoms with Gasteiger partial charge in [0.25, 0.3) is 0 Å². The van der Waals surface area contributed by atoms with E-state index < -0.39 is 4.92 Å². The Kier molecular flexibility index (Phi) is 6.50. The van der Waals surface area contributed by atoms with E-state index in [1.165, 1.54) is 0 Å². The first-order chi connectivity index (χ1) is 12.4. The summed E-state index contributed by atoms with van der Waals surface area (Å²) >= 11 is 0. The zero-order valence-corrected chi connectivity index (χ0v) is 15.0. The van der Waals surface area contributed by atoms with Gasteiger partial charge >= 0.3 is 5.69 Å². The number of ether oxygens (including phenoxy) is 1. The number of anilines is 4. The van der Waals surface area contributed by atoms with Crippen molar-refractivity contribution in [1.29, 1.82) is 0 Å². The average Bonchev–Trinajstić information content (AvgIpc) is 2.58. The molecule has 1 heterocycles. The van der Waals surface area contributed by atoms with Crippen LogP contribution in [0.25, 0.3) is 0 Å². The molecule has 0 amide bonds. The van der Waals surface area contributed by atoms with Crippen molar-refractivity contribution in [3.05, 3.63) is 34.4 Å². The molecule has 4 N–H and O–H groups in total. The van der Waals surface area contributed by atoms with E-state index >= 15 is 0 Å². The molecule has 0 saturated carbocycles. The Morgan fingerprint density at radius 1 is 1.27 bits per heavy atom. The molecule has 0 spiro atoms. The summed E-state index contributed by atoms with van der Waals surface area (Å²) in [7, 11) is 5.53. The van der Waals surface area contributed by atoms with Gasteiger partial charge in [-0.3, -0.25) is 10.1 Å². The number of nitrogens with one attached hydrogen (secondary N) is 2. The molecule has 0 aliphatic heterocycles. The summed E-state index contributed by atoms with van der Waals surface area (Å²) in [5.74, 6) is 0.747. The summed E-state index contributed by atoms with van der Waals surface area (Å²) in [6.45, 7) is 1.52. The summed E-state index contributed by atoms with van der Waals surface area (Å²) in [6, 6.07) is 6.92. The topological polar surface area (TPSA) is 131 Å². The molecule has 140 valence electrons. The summed E-state index contributed by atoms with van der Waals surface area (Å²) in [6.07, 6.45) is 0.870. The first kappa shape index (κ1) is 19.2. The fourth-order valence-corrected chi connectivity index (χ4v) is 2.22.